The topological polar surface area (TPSA) is 37.6 Å². The number of benzene rings is 1. The monoisotopic (exact) mass is 304 g/mol. The molecule has 0 aliphatic heterocycles. The molecule has 0 saturated heterocycles. The molecule has 1 aromatic carbocycles. The Morgan fingerprint density at radius 1 is 1.38 bits per heavy atom. The molecule has 4 nitrogen and oxygen atoms in total. The van der Waals surface area contributed by atoms with E-state index in [2.05, 4.69) is 18.3 Å². The summed E-state index contributed by atoms with van der Waals surface area (Å²) in [5.74, 6) is 1.74. The SMILES string of the molecule is COc1ccc(C)cc1CN(C)C(=S)NCc1ccco1. The van der Waals surface area contributed by atoms with Crippen LogP contribution in [0.4, 0.5) is 0 Å². The highest BCUT2D eigenvalue weighted by Crippen LogP contribution is 2.21. The molecule has 1 N–H and O–H groups in total. The first kappa shape index (κ1) is 15.4. The third kappa shape index (κ3) is 4.23. The first-order chi connectivity index (χ1) is 10.1. The number of hydrogen-bond donors (Lipinski definition) is 1. The Labute approximate surface area is 130 Å². The zero-order chi connectivity index (χ0) is 15.2. The van der Waals surface area contributed by atoms with E-state index in [1.807, 2.05) is 36.2 Å². The van der Waals surface area contributed by atoms with E-state index < -0.39 is 0 Å². The fourth-order valence-corrected chi connectivity index (χ4v) is 2.21. The van der Waals surface area contributed by atoms with Crippen LogP contribution in [0.5, 0.6) is 5.75 Å². The second-order valence-electron chi connectivity index (χ2n) is 4.91. The highest BCUT2D eigenvalue weighted by atomic mass is 32.1. The predicted octanol–water partition coefficient (Wildman–Crippen LogP) is 3.10. The minimum absolute atomic E-state index is 0.584. The Bertz CT molecular complexity index is 596. The van der Waals surface area contributed by atoms with E-state index in [-0.39, 0.29) is 0 Å². The molecule has 0 fully saturated rings. The first-order valence-corrected chi connectivity index (χ1v) is 7.16. The largest absolute Gasteiger partial charge is 0.496 e. The van der Waals surface area contributed by atoms with Crippen LogP contribution in [0.2, 0.25) is 0 Å². The van der Waals surface area contributed by atoms with Crippen LogP contribution in [0.1, 0.15) is 16.9 Å². The lowest BCUT2D eigenvalue weighted by molar-refractivity contribution is 0.396. The van der Waals surface area contributed by atoms with Crippen molar-refractivity contribution in [3.05, 3.63) is 53.5 Å². The van der Waals surface area contributed by atoms with E-state index >= 15 is 0 Å². The molecule has 0 aliphatic carbocycles. The summed E-state index contributed by atoms with van der Waals surface area (Å²) < 4.78 is 10.7. The van der Waals surface area contributed by atoms with Crippen molar-refractivity contribution in [3.8, 4) is 5.75 Å². The van der Waals surface area contributed by atoms with E-state index in [0.29, 0.717) is 18.2 Å². The van der Waals surface area contributed by atoms with Crippen molar-refractivity contribution in [2.75, 3.05) is 14.2 Å². The average Bonchev–Trinajstić information content (AvgIpc) is 2.98. The number of rotatable bonds is 5. The maximum Gasteiger partial charge on any atom is 0.169 e. The molecule has 0 spiro atoms. The number of hydrogen-bond acceptors (Lipinski definition) is 3. The lowest BCUT2D eigenvalue weighted by atomic mass is 10.1. The van der Waals surface area contributed by atoms with Crippen molar-refractivity contribution in [2.45, 2.75) is 20.0 Å². The zero-order valence-electron chi connectivity index (χ0n) is 12.6. The molecule has 0 amide bonds. The molecule has 0 saturated carbocycles. The Kier molecular flexibility index (Phi) is 5.22. The summed E-state index contributed by atoms with van der Waals surface area (Å²) in [6.45, 7) is 3.34. The number of nitrogens with one attached hydrogen (secondary N) is 1. The zero-order valence-corrected chi connectivity index (χ0v) is 13.4. The van der Waals surface area contributed by atoms with Gasteiger partial charge in [-0.2, -0.15) is 0 Å². The van der Waals surface area contributed by atoms with Gasteiger partial charge in [0.15, 0.2) is 5.11 Å². The summed E-state index contributed by atoms with van der Waals surface area (Å²) in [6.07, 6.45) is 1.65. The Morgan fingerprint density at radius 3 is 2.86 bits per heavy atom. The van der Waals surface area contributed by atoms with Crippen LogP contribution in [0.15, 0.2) is 41.0 Å². The van der Waals surface area contributed by atoms with Crippen molar-refractivity contribution in [1.82, 2.24) is 10.2 Å². The maximum absolute atomic E-state index is 5.39. The molecule has 0 bridgehead atoms. The molecule has 0 aliphatic rings. The van der Waals surface area contributed by atoms with Crippen LogP contribution in [0.25, 0.3) is 0 Å². The summed E-state index contributed by atoms with van der Waals surface area (Å²) in [4.78, 5) is 1.98. The normalized spacial score (nSPS) is 10.2. The lowest BCUT2D eigenvalue weighted by Crippen LogP contribution is -2.36. The molecule has 21 heavy (non-hydrogen) atoms. The number of nitrogens with zero attached hydrogens (tertiary/aromatic N) is 1. The van der Waals surface area contributed by atoms with Crippen LogP contribution in [0.3, 0.4) is 0 Å². The second kappa shape index (κ2) is 7.13. The molecule has 2 rings (SSSR count). The molecule has 1 heterocycles. The van der Waals surface area contributed by atoms with E-state index in [1.54, 1.807) is 13.4 Å². The molecule has 5 heteroatoms. The van der Waals surface area contributed by atoms with Crippen molar-refractivity contribution in [3.63, 3.8) is 0 Å². The number of aryl methyl sites for hydroxylation is 1. The van der Waals surface area contributed by atoms with Crippen LogP contribution < -0.4 is 10.1 Å². The minimum Gasteiger partial charge on any atom is -0.496 e. The number of thiocarbonyl (C=S) groups is 1. The van der Waals surface area contributed by atoms with Crippen LogP contribution in [-0.2, 0) is 13.1 Å². The van der Waals surface area contributed by atoms with Gasteiger partial charge >= 0.3 is 0 Å². The summed E-state index contributed by atoms with van der Waals surface area (Å²) in [5.41, 5.74) is 2.32. The molecular formula is C16H20N2O2S. The van der Waals surface area contributed by atoms with Gasteiger partial charge in [0.2, 0.25) is 0 Å². The molecule has 0 radical (unpaired) electrons. The van der Waals surface area contributed by atoms with E-state index in [0.717, 1.165) is 17.1 Å². The summed E-state index contributed by atoms with van der Waals surface area (Å²) >= 11 is 5.39. The van der Waals surface area contributed by atoms with E-state index in [9.17, 15) is 0 Å². The maximum atomic E-state index is 5.39. The van der Waals surface area contributed by atoms with Crippen LogP contribution in [0, 0.1) is 6.92 Å². The quantitative estimate of drug-likeness (QED) is 0.859. The van der Waals surface area contributed by atoms with Crippen LogP contribution >= 0.6 is 12.2 Å². The lowest BCUT2D eigenvalue weighted by Gasteiger charge is -2.22. The Morgan fingerprint density at radius 2 is 2.19 bits per heavy atom. The van der Waals surface area contributed by atoms with Crippen molar-refractivity contribution < 1.29 is 9.15 Å². The van der Waals surface area contributed by atoms with Gasteiger partial charge in [0, 0.05) is 19.2 Å². The third-order valence-corrected chi connectivity index (χ3v) is 3.64. The number of methoxy groups -OCH3 is 1. The van der Waals surface area contributed by atoms with Gasteiger partial charge < -0.3 is 19.4 Å². The second-order valence-corrected chi connectivity index (χ2v) is 5.30. The predicted molar refractivity (Wildman–Crippen MR) is 87.3 cm³/mol. The number of furan rings is 1. The smallest absolute Gasteiger partial charge is 0.169 e. The number of ether oxygens (including phenoxy) is 1. The minimum atomic E-state index is 0.584. The van der Waals surface area contributed by atoms with Crippen LogP contribution in [-0.4, -0.2) is 24.2 Å². The standard InChI is InChI=1S/C16H20N2O2S/c1-12-6-7-15(19-3)13(9-12)11-18(2)16(21)17-10-14-5-4-8-20-14/h4-9H,10-11H2,1-3H3,(H,17,21). The molecule has 1 aromatic heterocycles. The molecule has 112 valence electrons. The average molecular weight is 304 g/mol. The van der Waals surface area contributed by atoms with Gasteiger partial charge in [-0.05, 0) is 37.3 Å². The van der Waals surface area contributed by atoms with Gasteiger partial charge in [-0.15, -0.1) is 0 Å². The van der Waals surface area contributed by atoms with E-state index in [1.165, 1.54) is 5.56 Å². The Balaban J connectivity index is 1.95. The third-order valence-electron chi connectivity index (χ3n) is 3.18. The van der Waals surface area contributed by atoms with Gasteiger partial charge in [-0.25, -0.2) is 0 Å². The van der Waals surface area contributed by atoms with Gasteiger partial charge in [-0.3, -0.25) is 0 Å². The summed E-state index contributed by atoms with van der Waals surface area (Å²) in [6, 6.07) is 9.92. The summed E-state index contributed by atoms with van der Waals surface area (Å²) in [7, 11) is 3.64. The van der Waals surface area contributed by atoms with Crippen molar-refractivity contribution in [2.24, 2.45) is 0 Å². The molecule has 0 unspecified atom stereocenters. The molecule has 0 atom stereocenters. The van der Waals surface area contributed by atoms with Gasteiger partial charge in [-0.1, -0.05) is 17.7 Å². The first-order valence-electron chi connectivity index (χ1n) is 6.75. The Hall–Kier alpha value is -2.01. The summed E-state index contributed by atoms with van der Waals surface area (Å²) in [5, 5.41) is 3.86. The fraction of sp³-hybridized carbons (Fsp3) is 0.312. The van der Waals surface area contributed by atoms with Crippen molar-refractivity contribution >= 4 is 17.3 Å². The highest BCUT2D eigenvalue weighted by molar-refractivity contribution is 7.80. The van der Waals surface area contributed by atoms with Gasteiger partial charge in [0.25, 0.3) is 0 Å². The highest BCUT2D eigenvalue weighted by Gasteiger charge is 2.09. The molecule has 2 aromatic rings. The molecular weight excluding hydrogens is 284 g/mol. The van der Waals surface area contributed by atoms with Gasteiger partial charge in [0.1, 0.15) is 11.5 Å². The van der Waals surface area contributed by atoms with E-state index in [4.69, 9.17) is 21.4 Å². The van der Waals surface area contributed by atoms with Crippen molar-refractivity contribution in [1.29, 1.82) is 0 Å². The van der Waals surface area contributed by atoms with Gasteiger partial charge in [0.05, 0.1) is 19.9 Å². The fourth-order valence-electron chi connectivity index (χ4n) is 2.07.